The van der Waals surface area contributed by atoms with Crippen LogP contribution in [0.3, 0.4) is 0 Å². The molecule has 2 N–H and O–H groups in total. The largest absolute Gasteiger partial charge is 0.322 e. The number of nitrogens with one attached hydrogen (secondary N) is 2. The molecule has 0 saturated carbocycles. The maximum absolute atomic E-state index is 13.8. The Balaban J connectivity index is 2.14. The minimum absolute atomic E-state index is 0.243. The van der Waals surface area contributed by atoms with Gasteiger partial charge in [-0.25, -0.2) is 4.39 Å². The zero-order valence-electron chi connectivity index (χ0n) is 12.5. The summed E-state index contributed by atoms with van der Waals surface area (Å²) in [7, 11) is 0. The van der Waals surface area contributed by atoms with Gasteiger partial charge in [-0.05, 0) is 30.3 Å². The van der Waals surface area contributed by atoms with Crippen LogP contribution in [0, 0.1) is 15.9 Å². The highest BCUT2D eigenvalue weighted by atomic mass is 19.1. The van der Waals surface area contributed by atoms with Gasteiger partial charge in [0.15, 0.2) is 0 Å². The molecule has 120 valence electrons. The van der Waals surface area contributed by atoms with E-state index in [1.54, 1.807) is 18.2 Å². The van der Waals surface area contributed by atoms with Gasteiger partial charge in [0.05, 0.1) is 16.6 Å². The third-order valence-corrected chi connectivity index (χ3v) is 3.17. The van der Waals surface area contributed by atoms with Crippen LogP contribution in [0.2, 0.25) is 0 Å². The molecule has 0 aliphatic rings. The molecule has 7 heteroatoms. The number of hydrogen-bond acceptors (Lipinski definition) is 4. The highest BCUT2D eigenvalue weighted by Gasteiger charge is 2.16. The molecule has 0 atom stereocenters. The predicted molar refractivity (Wildman–Crippen MR) is 84.8 cm³/mol. The zero-order chi connectivity index (χ0) is 16.8. The van der Waals surface area contributed by atoms with Crippen molar-refractivity contribution in [2.75, 3.05) is 11.9 Å². The third-order valence-electron chi connectivity index (χ3n) is 3.17. The van der Waals surface area contributed by atoms with Gasteiger partial charge in [-0.15, -0.1) is 0 Å². The molecule has 0 aliphatic carbocycles. The van der Waals surface area contributed by atoms with Crippen LogP contribution in [-0.2, 0) is 6.54 Å². The number of carbonyl (C=O) groups is 1. The van der Waals surface area contributed by atoms with Crippen molar-refractivity contribution in [1.29, 1.82) is 0 Å². The van der Waals surface area contributed by atoms with E-state index in [2.05, 4.69) is 10.6 Å². The molecule has 6 nitrogen and oxygen atoms in total. The normalized spacial score (nSPS) is 10.3. The average molecular weight is 317 g/mol. The van der Waals surface area contributed by atoms with Crippen LogP contribution in [0.5, 0.6) is 0 Å². The Labute approximate surface area is 132 Å². The fourth-order valence-electron chi connectivity index (χ4n) is 2.03. The van der Waals surface area contributed by atoms with Gasteiger partial charge >= 0.3 is 0 Å². The van der Waals surface area contributed by atoms with Gasteiger partial charge in [-0.3, -0.25) is 14.9 Å². The molecule has 2 aromatic carbocycles. The second-order valence-electron chi connectivity index (χ2n) is 4.86. The van der Waals surface area contributed by atoms with Gasteiger partial charge in [-0.2, -0.15) is 0 Å². The molecule has 0 bridgehead atoms. The van der Waals surface area contributed by atoms with Gasteiger partial charge in [-0.1, -0.05) is 19.1 Å². The molecule has 1 amide bonds. The lowest BCUT2D eigenvalue weighted by atomic mass is 10.1. The highest BCUT2D eigenvalue weighted by molar-refractivity contribution is 6.04. The van der Waals surface area contributed by atoms with Gasteiger partial charge in [0.2, 0.25) is 0 Å². The van der Waals surface area contributed by atoms with Crippen molar-refractivity contribution < 1.29 is 14.1 Å². The summed E-state index contributed by atoms with van der Waals surface area (Å²) in [6, 6.07) is 10.1. The molecule has 0 saturated heterocycles. The van der Waals surface area contributed by atoms with Crippen LogP contribution in [-0.4, -0.2) is 17.4 Å². The number of nitro benzene ring substituents is 1. The smallest absolute Gasteiger partial charge is 0.272 e. The van der Waals surface area contributed by atoms with Crippen molar-refractivity contribution in [1.82, 2.24) is 5.32 Å². The van der Waals surface area contributed by atoms with Gasteiger partial charge < -0.3 is 10.6 Å². The number of carbonyl (C=O) groups excluding carboxylic acids is 1. The first-order valence-corrected chi connectivity index (χ1v) is 7.06. The number of nitrogens with zero attached hydrogens (tertiary/aromatic N) is 1. The minimum Gasteiger partial charge on any atom is -0.322 e. The van der Waals surface area contributed by atoms with Crippen molar-refractivity contribution in [2.24, 2.45) is 0 Å². The average Bonchev–Trinajstić information content (AvgIpc) is 2.53. The first-order valence-electron chi connectivity index (χ1n) is 7.06. The molecular formula is C16H16FN3O3. The Hall–Kier alpha value is -2.80. The van der Waals surface area contributed by atoms with Crippen LogP contribution in [0.15, 0.2) is 42.5 Å². The molecule has 0 fully saturated rings. The van der Waals surface area contributed by atoms with Crippen molar-refractivity contribution in [2.45, 2.75) is 13.5 Å². The second kappa shape index (κ2) is 7.46. The monoisotopic (exact) mass is 317 g/mol. The summed E-state index contributed by atoms with van der Waals surface area (Å²) in [5.74, 6) is -1.58. The summed E-state index contributed by atoms with van der Waals surface area (Å²) < 4.78 is 13.8. The van der Waals surface area contributed by atoms with Gasteiger partial charge in [0.1, 0.15) is 5.82 Å². The lowest BCUT2D eigenvalue weighted by molar-refractivity contribution is -0.385. The Kier molecular flexibility index (Phi) is 5.37. The Morgan fingerprint density at radius 3 is 2.70 bits per heavy atom. The Morgan fingerprint density at radius 1 is 1.26 bits per heavy atom. The van der Waals surface area contributed by atoms with E-state index >= 15 is 0 Å². The van der Waals surface area contributed by atoms with Crippen molar-refractivity contribution in [3.8, 4) is 0 Å². The molecule has 0 aromatic heterocycles. The van der Waals surface area contributed by atoms with Crippen LogP contribution < -0.4 is 10.6 Å². The third kappa shape index (κ3) is 4.33. The van der Waals surface area contributed by atoms with Crippen molar-refractivity contribution in [3.05, 3.63) is 69.5 Å². The van der Waals surface area contributed by atoms with E-state index in [0.29, 0.717) is 12.2 Å². The molecule has 0 aliphatic heterocycles. The summed E-state index contributed by atoms with van der Waals surface area (Å²) in [5.41, 5.74) is 0.872. The van der Waals surface area contributed by atoms with Gasteiger partial charge in [0.25, 0.3) is 11.6 Å². The minimum atomic E-state index is -0.930. The van der Waals surface area contributed by atoms with Gasteiger partial charge in [0, 0.05) is 18.3 Å². The predicted octanol–water partition coefficient (Wildman–Crippen LogP) is 3.10. The Morgan fingerprint density at radius 2 is 2.04 bits per heavy atom. The molecule has 0 spiro atoms. The molecule has 0 unspecified atom stereocenters. The van der Waals surface area contributed by atoms with Crippen LogP contribution in [0.1, 0.15) is 22.8 Å². The summed E-state index contributed by atoms with van der Waals surface area (Å²) >= 11 is 0. The topological polar surface area (TPSA) is 84.3 Å². The first kappa shape index (κ1) is 16.6. The fraction of sp³-hybridized carbons (Fsp3) is 0.188. The summed E-state index contributed by atoms with van der Waals surface area (Å²) in [6.07, 6.45) is 0. The van der Waals surface area contributed by atoms with E-state index in [1.165, 1.54) is 0 Å². The summed E-state index contributed by atoms with van der Waals surface area (Å²) in [6.45, 7) is 3.47. The van der Waals surface area contributed by atoms with Crippen LogP contribution >= 0.6 is 0 Å². The molecule has 0 radical (unpaired) electrons. The quantitative estimate of drug-likeness (QED) is 0.633. The Bertz CT molecular complexity index is 734. The first-order chi connectivity index (χ1) is 11.0. The molecule has 23 heavy (non-hydrogen) atoms. The maximum Gasteiger partial charge on any atom is 0.272 e. The number of hydrogen-bond donors (Lipinski definition) is 2. The van der Waals surface area contributed by atoms with E-state index < -0.39 is 22.3 Å². The van der Waals surface area contributed by atoms with E-state index in [0.717, 1.165) is 30.3 Å². The van der Waals surface area contributed by atoms with E-state index in [9.17, 15) is 19.3 Å². The molecular weight excluding hydrogens is 301 g/mol. The SMILES string of the molecule is CCNCc1cccc(NC(=O)c2ccc([N+](=O)[O-])cc2F)c1. The number of nitro groups is 1. The molecule has 2 rings (SSSR count). The zero-order valence-corrected chi connectivity index (χ0v) is 12.5. The second-order valence-corrected chi connectivity index (χ2v) is 4.86. The summed E-state index contributed by atoms with van der Waals surface area (Å²) in [5, 5.41) is 16.3. The van der Waals surface area contributed by atoms with Crippen LogP contribution in [0.4, 0.5) is 15.8 Å². The van der Waals surface area contributed by atoms with E-state index in [4.69, 9.17) is 0 Å². The van der Waals surface area contributed by atoms with E-state index in [1.807, 2.05) is 13.0 Å². The van der Waals surface area contributed by atoms with Crippen molar-refractivity contribution in [3.63, 3.8) is 0 Å². The number of rotatable bonds is 6. The fourth-order valence-corrected chi connectivity index (χ4v) is 2.03. The number of halogens is 1. The standard InChI is InChI=1S/C16H16FN3O3/c1-2-18-10-11-4-3-5-12(8-11)19-16(21)14-7-6-13(20(22)23)9-15(14)17/h3-9,18H,2,10H2,1H3,(H,19,21). The lowest BCUT2D eigenvalue weighted by Crippen LogP contribution is -2.15. The molecule has 2 aromatic rings. The van der Waals surface area contributed by atoms with Crippen molar-refractivity contribution >= 4 is 17.3 Å². The number of amides is 1. The number of benzene rings is 2. The van der Waals surface area contributed by atoms with Crippen LogP contribution in [0.25, 0.3) is 0 Å². The number of anilines is 1. The highest BCUT2D eigenvalue weighted by Crippen LogP contribution is 2.18. The van der Waals surface area contributed by atoms with E-state index in [-0.39, 0.29) is 5.56 Å². The summed E-state index contributed by atoms with van der Waals surface area (Å²) in [4.78, 5) is 22.0. The maximum atomic E-state index is 13.8. The number of non-ortho nitro benzene ring substituents is 1. The molecule has 0 heterocycles. The lowest BCUT2D eigenvalue weighted by Gasteiger charge is -2.08.